The molecule has 5 heteroatoms. The van der Waals surface area contributed by atoms with E-state index in [0.29, 0.717) is 17.8 Å². The van der Waals surface area contributed by atoms with Crippen LogP contribution in [0.15, 0.2) is 16.7 Å². The van der Waals surface area contributed by atoms with Gasteiger partial charge >= 0.3 is 5.97 Å². The molecule has 2 unspecified atom stereocenters. The van der Waals surface area contributed by atoms with E-state index in [9.17, 15) is 4.79 Å². The molecule has 1 aromatic heterocycles. The molecule has 116 valence electrons. The highest BCUT2D eigenvalue weighted by atomic mass is 16.5. The van der Waals surface area contributed by atoms with Crippen LogP contribution >= 0.6 is 0 Å². The Morgan fingerprint density at radius 1 is 1.43 bits per heavy atom. The smallest absolute Gasteiger partial charge is 0.374 e. The van der Waals surface area contributed by atoms with E-state index in [1.807, 2.05) is 6.07 Å². The van der Waals surface area contributed by atoms with E-state index in [-0.39, 0.29) is 5.97 Å². The minimum atomic E-state index is -0.387. The Bertz CT molecular complexity index is 480. The normalized spacial score (nSPS) is 26.9. The van der Waals surface area contributed by atoms with Gasteiger partial charge in [0.05, 0.1) is 13.4 Å². The summed E-state index contributed by atoms with van der Waals surface area (Å²) in [4.78, 5) is 14.2. The fraction of sp³-hybridized carbons (Fsp3) is 0.688. The van der Waals surface area contributed by atoms with Crippen molar-refractivity contribution in [1.82, 2.24) is 10.2 Å². The average Bonchev–Trinajstić information content (AvgIpc) is 3.18. The summed E-state index contributed by atoms with van der Waals surface area (Å²) in [6, 6.07) is 3.06. The van der Waals surface area contributed by atoms with Crippen molar-refractivity contribution in [3.05, 3.63) is 23.7 Å². The minimum Gasteiger partial charge on any atom is -0.463 e. The fourth-order valence-electron chi connectivity index (χ4n) is 3.66. The van der Waals surface area contributed by atoms with Crippen LogP contribution in [0.25, 0.3) is 0 Å². The molecule has 2 aliphatic rings. The van der Waals surface area contributed by atoms with Crippen molar-refractivity contribution >= 4 is 5.97 Å². The maximum atomic E-state index is 11.7. The van der Waals surface area contributed by atoms with Crippen LogP contribution in [-0.4, -0.2) is 43.2 Å². The number of methoxy groups -OCH3 is 1. The number of nitrogens with one attached hydrogen (secondary N) is 1. The molecule has 5 nitrogen and oxygen atoms in total. The van der Waals surface area contributed by atoms with Gasteiger partial charge in [0, 0.05) is 24.2 Å². The first-order valence-corrected chi connectivity index (χ1v) is 7.91. The van der Waals surface area contributed by atoms with Crippen LogP contribution in [0.5, 0.6) is 0 Å². The summed E-state index contributed by atoms with van der Waals surface area (Å²) in [5.41, 5.74) is 0.937. The molecule has 0 radical (unpaired) electrons. The van der Waals surface area contributed by atoms with Gasteiger partial charge in [0.25, 0.3) is 0 Å². The predicted molar refractivity (Wildman–Crippen MR) is 79.1 cm³/mol. The van der Waals surface area contributed by atoms with E-state index in [1.165, 1.54) is 39.2 Å². The summed E-state index contributed by atoms with van der Waals surface area (Å²) in [7, 11) is 1.39. The number of likely N-dealkylation sites (tertiary alicyclic amines) is 1. The van der Waals surface area contributed by atoms with Gasteiger partial charge in [-0.1, -0.05) is 6.42 Å². The first kappa shape index (κ1) is 14.6. The summed E-state index contributed by atoms with van der Waals surface area (Å²) in [6.07, 6.45) is 7.88. The monoisotopic (exact) mass is 292 g/mol. The van der Waals surface area contributed by atoms with E-state index < -0.39 is 0 Å². The Morgan fingerprint density at radius 2 is 2.33 bits per heavy atom. The molecular weight excluding hydrogens is 268 g/mol. The minimum absolute atomic E-state index is 0.348. The first-order chi connectivity index (χ1) is 10.3. The molecule has 1 aromatic rings. The molecular formula is C16H24N2O3. The predicted octanol–water partition coefficient (Wildman–Crippen LogP) is 2.17. The number of ether oxygens (including phenoxy) is 1. The number of piperidine rings is 1. The number of carbonyl (C=O) groups excluding carboxylic acids is 1. The van der Waals surface area contributed by atoms with Crippen LogP contribution in [0.1, 0.15) is 48.2 Å². The highest BCUT2D eigenvalue weighted by Crippen LogP contribution is 2.27. The number of esters is 1. The Hall–Kier alpha value is -1.33. The van der Waals surface area contributed by atoms with E-state index in [4.69, 9.17) is 9.15 Å². The van der Waals surface area contributed by atoms with E-state index >= 15 is 0 Å². The molecule has 0 spiro atoms. The van der Waals surface area contributed by atoms with Crippen LogP contribution in [0.2, 0.25) is 0 Å². The number of nitrogens with zero attached hydrogens (tertiary/aromatic N) is 1. The van der Waals surface area contributed by atoms with Gasteiger partial charge in [0.15, 0.2) is 0 Å². The van der Waals surface area contributed by atoms with E-state index in [2.05, 4.69) is 10.2 Å². The molecule has 2 fully saturated rings. The number of rotatable bonds is 4. The van der Waals surface area contributed by atoms with Crippen LogP contribution < -0.4 is 5.32 Å². The van der Waals surface area contributed by atoms with Gasteiger partial charge in [-0.05, 0) is 44.8 Å². The molecule has 0 bridgehead atoms. The lowest BCUT2D eigenvalue weighted by Gasteiger charge is -2.39. The third-order valence-electron chi connectivity index (χ3n) is 4.72. The lowest BCUT2D eigenvalue weighted by molar-refractivity contribution is 0.0557. The maximum Gasteiger partial charge on any atom is 0.374 e. The third-order valence-corrected chi connectivity index (χ3v) is 4.72. The topological polar surface area (TPSA) is 54.7 Å². The summed E-state index contributed by atoms with van der Waals surface area (Å²) < 4.78 is 10.1. The second-order valence-electron chi connectivity index (χ2n) is 6.00. The molecule has 0 aliphatic carbocycles. The molecule has 2 saturated heterocycles. The third kappa shape index (κ3) is 3.14. The highest BCUT2D eigenvalue weighted by molar-refractivity contribution is 5.87. The summed E-state index contributed by atoms with van der Waals surface area (Å²) in [5.74, 6) is -0.0382. The van der Waals surface area contributed by atoms with Crippen molar-refractivity contribution in [1.29, 1.82) is 0 Å². The number of carbonyl (C=O) groups is 1. The Kier molecular flexibility index (Phi) is 4.60. The number of hydrogen-bond donors (Lipinski definition) is 1. The lowest BCUT2D eigenvalue weighted by Crippen LogP contribution is -2.49. The van der Waals surface area contributed by atoms with Gasteiger partial charge in [-0.2, -0.15) is 0 Å². The zero-order chi connectivity index (χ0) is 14.7. The van der Waals surface area contributed by atoms with E-state index in [1.54, 1.807) is 6.26 Å². The van der Waals surface area contributed by atoms with Crippen LogP contribution in [0.3, 0.4) is 0 Å². The highest BCUT2D eigenvalue weighted by Gasteiger charge is 2.32. The van der Waals surface area contributed by atoms with Gasteiger partial charge < -0.3 is 14.5 Å². The average molecular weight is 292 g/mol. The standard InChI is InChI=1S/C16H24N2O3/c1-20-16(19)15-12(7-10-21-15)11-18-9-3-2-6-14(18)13-5-4-8-17-13/h7,10,13-14,17H,2-6,8-9,11H2,1H3. The fourth-order valence-corrected chi connectivity index (χ4v) is 3.66. The quantitative estimate of drug-likeness (QED) is 0.862. The number of furan rings is 1. The van der Waals surface area contributed by atoms with Crippen molar-refractivity contribution in [2.24, 2.45) is 0 Å². The molecule has 2 aliphatic heterocycles. The molecule has 2 atom stereocenters. The Morgan fingerprint density at radius 3 is 3.10 bits per heavy atom. The zero-order valence-corrected chi connectivity index (χ0v) is 12.6. The summed E-state index contributed by atoms with van der Waals surface area (Å²) in [6.45, 7) is 2.99. The SMILES string of the molecule is COC(=O)c1occc1CN1CCCCC1C1CCCN1. The summed E-state index contributed by atoms with van der Waals surface area (Å²) >= 11 is 0. The van der Waals surface area contributed by atoms with Gasteiger partial charge in [0.2, 0.25) is 5.76 Å². The molecule has 3 rings (SSSR count). The lowest BCUT2D eigenvalue weighted by atomic mass is 9.94. The van der Waals surface area contributed by atoms with Crippen LogP contribution in [-0.2, 0) is 11.3 Å². The van der Waals surface area contributed by atoms with Gasteiger partial charge in [-0.25, -0.2) is 4.79 Å². The Balaban J connectivity index is 1.72. The van der Waals surface area contributed by atoms with E-state index in [0.717, 1.165) is 25.2 Å². The Labute approximate surface area is 125 Å². The molecule has 0 amide bonds. The van der Waals surface area contributed by atoms with Crippen molar-refractivity contribution in [2.75, 3.05) is 20.2 Å². The second-order valence-corrected chi connectivity index (χ2v) is 6.00. The molecule has 21 heavy (non-hydrogen) atoms. The van der Waals surface area contributed by atoms with Crippen molar-refractivity contribution in [3.63, 3.8) is 0 Å². The molecule has 1 N–H and O–H groups in total. The van der Waals surface area contributed by atoms with Crippen molar-refractivity contribution < 1.29 is 13.9 Å². The van der Waals surface area contributed by atoms with Crippen LogP contribution in [0.4, 0.5) is 0 Å². The van der Waals surface area contributed by atoms with Gasteiger partial charge in [-0.3, -0.25) is 4.90 Å². The largest absolute Gasteiger partial charge is 0.463 e. The molecule has 0 aromatic carbocycles. The first-order valence-electron chi connectivity index (χ1n) is 7.91. The number of hydrogen-bond acceptors (Lipinski definition) is 5. The maximum absolute atomic E-state index is 11.7. The van der Waals surface area contributed by atoms with Crippen LogP contribution in [0, 0.1) is 0 Å². The second kappa shape index (κ2) is 6.62. The zero-order valence-electron chi connectivity index (χ0n) is 12.6. The van der Waals surface area contributed by atoms with Crippen molar-refractivity contribution in [2.45, 2.75) is 50.7 Å². The summed E-state index contributed by atoms with van der Waals surface area (Å²) in [5, 5.41) is 3.63. The van der Waals surface area contributed by atoms with Crippen molar-refractivity contribution in [3.8, 4) is 0 Å². The molecule has 0 saturated carbocycles. The molecule has 3 heterocycles. The van der Waals surface area contributed by atoms with Gasteiger partial charge in [0.1, 0.15) is 0 Å². The van der Waals surface area contributed by atoms with Gasteiger partial charge in [-0.15, -0.1) is 0 Å².